The quantitative estimate of drug-likeness (QED) is 0.702. The topological polar surface area (TPSA) is 55.5 Å². The molecule has 9 heteroatoms. The molecule has 0 bridgehead atoms. The molecule has 0 heterocycles. The van der Waals surface area contributed by atoms with Crippen molar-refractivity contribution in [1.29, 1.82) is 0 Å². The molecule has 23 heavy (non-hydrogen) atoms. The highest BCUT2D eigenvalue weighted by Crippen LogP contribution is 2.37. The maximum Gasteiger partial charge on any atom is 0.573 e. The maximum absolute atomic E-state index is 12.1. The molecule has 1 atom stereocenters. The van der Waals surface area contributed by atoms with E-state index < -0.39 is 12.4 Å². The predicted octanol–water partition coefficient (Wildman–Crippen LogP) is 5.18. The molecule has 0 saturated heterocycles. The summed E-state index contributed by atoms with van der Waals surface area (Å²) in [6.07, 6.45) is -4.75. The van der Waals surface area contributed by atoms with Crippen LogP contribution in [-0.4, -0.2) is 11.5 Å². The zero-order valence-electron chi connectivity index (χ0n) is 11.3. The molecule has 2 aromatic rings. The van der Waals surface area contributed by atoms with Crippen LogP contribution < -0.4 is 10.5 Å². The second-order valence-electron chi connectivity index (χ2n) is 4.42. The fourth-order valence-electron chi connectivity index (χ4n) is 1.88. The Morgan fingerprint density at radius 3 is 2.26 bits per heavy atom. The molecule has 0 aromatic heterocycles. The fraction of sp³-hybridized carbons (Fsp3) is 0.143. The molecule has 0 aliphatic carbocycles. The summed E-state index contributed by atoms with van der Waals surface area (Å²) in [5.74, 6) is -0.424. The van der Waals surface area contributed by atoms with Crippen LogP contribution in [0.4, 0.5) is 13.2 Å². The van der Waals surface area contributed by atoms with Crippen molar-refractivity contribution in [3.63, 3.8) is 0 Å². The van der Waals surface area contributed by atoms with E-state index in [1.54, 1.807) is 0 Å². The van der Waals surface area contributed by atoms with Crippen molar-refractivity contribution in [2.24, 2.45) is 5.73 Å². The second-order valence-corrected chi connectivity index (χ2v) is 5.71. The van der Waals surface area contributed by atoms with Crippen LogP contribution in [0.1, 0.15) is 17.2 Å². The molecule has 0 unspecified atom stereocenters. The Morgan fingerprint density at radius 2 is 1.74 bits per heavy atom. The van der Waals surface area contributed by atoms with E-state index in [9.17, 15) is 18.3 Å². The van der Waals surface area contributed by atoms with Gasteiger partial charge in [0.1, 0.15) is 11.5 Å². The molecule has 0 amide bonds. The number of ether oxygens (including phenoxy) is 1. The van der Waals surface area contributed by atoms with Crippen molar-refractivity contribution in [1.82, 2.24) is 0 Å². The number of benzene rings is 2. The van der Waals surface area contributed by atoms with Gasteiger partial charge in [0.2, 0.25) is 0 Å². The molecule has 0 fully saturated rings. The van der Waals surface area contributed by atoms with Crippen LogP contribution in [0.25, 0.3) is 0 Å². The number of aromatic hydroxyl groups is 1. The van der Waals surface area contributed by atoms with Gasteiger partial charge in [0, 0.05) is 10.6 Å². The minimum Gasteiger partial charge on any atom is -0.506 e. The lowest BCUT2D eigenvalue weighted by molar-refractivity contribution is -0.274. The van der Waals surface area contributed by atoms with E-state index >= 15 is 0 Å². The van der Waals surface area contributed by atoms with Gasteiger partial charge < -0.3 is 15.6 Å². The summed E-state index contributed by atoms with van der Waals surface area (Å²) in [4.78, 5) is 0. The van der Waals surface area contributed by atoms with Crippen molar-refractivity contribution in [2.75, 3.05) is 0 Å². The smallest absolute Gasteiger partial charge is 0.506 e. The van der Waals surface area contributed by atoms with Crippen LogP contribution in [0.5, 0.6) is 11.5 Å². The number of rotatable bonds is 3. The van der Waals surface area contributed by atoms with Crippen LogP contribution >= 0.6 is 39.9 Å². The zero-order valence-corrected chi connectivity index (χ0v) is 14.4. The Labute approximate surface area is 149 Å². The summed E-state index contributed by atoms with van der Waals surface area (Å²) in [5, 5.41) is 10.4. The Balaban J connectivity index is 0.00000264. The molecule has 0 spiro atoms. The highest BCUT2D eigenvalue weighted by Gasteiger charge is 2.31. The first-order valence-corrected chi connectivity index (χ1v) is 7.13. The zero-order chi connectivity index (χ0) is 16.5. The molecular weight excluding hydrogens is 422 g/mol. The summed E-state index contributed by atoms with van der Waals surface area (Å²) in [5.41, 5.74) is 6.88. The summed E-state index contributed by atoms with van der Waals surface area (Å²) in [7, 11) is 0. The minimum atomic E-state index is -4.75. The normalized spacial score (nSPS) is 12.4. The van der Waals surface area contributed by atoms with E-state index in [1.165, 1.54) is 24.3 Å². The average Bonchev–Trinajstić information content (AvgIpc) is 2.41. The monoisotopic (exact) mass is 431 g/mol. The molecular formula is C14H11BrCl2F3NO2. The molecule has 3 nitrogen and oxygen atoms in total. The number of phenols is 1. The Hall–Kier alpha value is -1.15. The third kappa shape index (κ3) is 5.17. The Bertz CT molecular complexity index is 681. The van der Waals surface area contributed by atoms with Crippen molar-refractivity contribution in [3.05, 3.63) is 57.0 Å². The van der Waals surface area contributed by atoms with E-state index in [0.717, 1.165) is 12.1 Å². The second kappa shape index (κ2) is 7.61. The first kappa shape index (κ1) is 19.9. The molecule has 0 aliphatic heterocycles. The summed E-state index contributed by atoms with van der Waals surface area (Å²) < 4.78 is 40.5. The van der Waals surface area contributed by atoms with Gasteiger partial charge in [-0.15, -0.1) is 25.6 Å². The lowest BCUT2D eigenvalue weighted by atomic mass is 9.99. The number of hydrogen-bond acceptors (Lipinski definition) is 3. The average molecular weight is 433 g/mol. The van der Waals surface area contributed by atoms with Gasteiger partial charge in [0.25, 0.3) is 0 Å². The van der Waals surface area contributed by atoms with Gasteiger partial charge in [-0.3, -0.25) is 0 Å². The van der Waals surface area contributed by atoms with E-state index in [4.69, 9.17) is 17.3 Å². The molecule has 2 aromatic carbocycles. The van der Waals surface area contributed by atoms with E-state index in [2.05, 4.69) is 20.7 Å². The van der Waals surface area contributed by atoms with Gasteiger partial charge in [-0.2, -0.15) is 0 Å². The lowest BCUT2D eigenvalue weighted by Crippen LogP contribution is -2.17. The van der Waals surface area contributed by atoms with Crippen LogP contribution in [0, 0.1) is 0 Å². The van der Waals surface area contributed by atoms with E-state index in [0.29, 0.717) is 20.6 Å². The van der Waals surface area contributed by atoms with Crippen molar-refractivity contribution in [3.8, 4) is 11.5 Å². The first-order chi connectivity index (χ1) is 10.2. The van der Waals surface area contributed by atoms with Gasteiger partial charge in [-0.1, -0.05) is 23.7 Å². The van der Waals surface area contributed by atoms with E-state index in [-0.39, 0.29) is 23.9 Å². The predicted molar refractivity (Wildman–Crippen MR) is 87.2 cm³/mol. The number of hydrogen-bond donors (Lipinski definition) is 2. The number of nitrogens with two attached hydrogens (primary N) is 1. The molecule has 126 valence electrons. The largest absolute Gasteiger partial charge is 0.573 e. The van der Waals surface area contributed by atoms with Crippen molar-refractivity contribution >= 4 is 39.9 Å². The first-order valence-electron chi connectivity index (χ1n) is 5.96. The SMILES string of the molecule is Cl.N[C@@H](c1ccc(OC(F)(F)F)cc1)c1cc(Cl)cc(Br)c1O. The molecule has 0 radical (unpaired) electrons. The van der Waals surface area contributed by atoms with Gasteiger partial charge in [-0.25, -0.2) is 0 Å². The van der Waals surface area contributed by atoms with Gasteiger partial charge in [-0.05, 0) is 45.8 Å². The van der Waals surface area contributed by atoms with Gasteiger partial charge in [0.15, 0.2) is 0 Å². The fourth-order valence-corrected chi connectivity index (χ4v) is 2.71. The summed E-state index contributed by atoms with van der Waals surface area (Å²) in [6.45, 7) is 0. The number of alkyl halides is 3. The third-order valence-corrected chi connectivity index (χ3v) is 3.69. The Kier molecular flexibility index (Phi) is 6.59. The highest BCUT2D eigenvalue weighted by molar-refractivity contribution is 9.10. The van der Waals surface area contributed by atoms with Crippen LogP contribution in [0.3, 0.4) is 0 Å². The third-order valence-electron chi connectivity index (χ3n) is 2.87. The van der Waals surface area contributed by atoms with Gasteiger partial charge in [0.05, 0.1) is 10.5 Å². The summed E-state index contributed by atoms with van der Waals surface area (Å²) in [6, 6.07) is 7.33. The van der Waals surface area contributed by atoms with Crippen LogP contribution in [0.15, 0.2) is 40.9 Å². The lowest BCUT2D eigenvalue weighted by Gasteiger charge is -2.16. The molecule has 3 N–H and O–H groups in total. The molecule has 0 aliphatic rings. The minimum absolute atomic E-state index is 0. The van der Waals surface area contributed by atoms with Crippen LogP contribution in [0.2, 0.25) is 5.02 Å². The highest BCUT2D eigenvalue weighted by atomic mass is 79.9. The van der Waals surface area contributed by atoms with Gasteiger partial charge >= 0.3 is 6.36 Å². The Morgan fingerprint density at radius 1 is 1.17 bits per heavy atom. The van der Waals surface area contributed by atoms with Crippen molar-refractivity contribution < 1.29 is 23.0 Å². The maximum atomic E-state index is 12.1. The van der Waals surface area contributed by atoms with Crippen molar-refractivity contribution in [2.45, 2.75) is 12.4 Å². The van der Waals surface area contributed by atoms with Crippen LogP contribution in [-0.2, 0) is 0 Å². The van der Waals surface area contributed by atoms with E-state index in [1.807, 2.05) is 0 Å². The molecule has 2 rings (SSSR count). The molecule has 0 saturated carbocycles. The summed E-state index contributed by atoms with van der Waals surface area (Å²) >= 11 is 9.06. The number of halogens is 6. The standard InChI is InChI=1S/C14H10BrClF3NO2.ClH/c15-11-6-8(16)5-10(13(11)21)12(20)7-1-3-9(4-2-7)22-14(17,18)19;/h1-6,12,21H,20H2;1H/t12-;/m0./s1. The number of phenolic OH excluding ortho intramolecular Hbond substituents is 1.